The van der Waals surface area contributed by atoms with Gasteiger partial charge in [0.1, 0.15) is 0 Å². The molecule has 1 aromatic rings. The number of benzene rings is 1. The lowest BCUT2D eigenvalue weighted by Gasteiger charge is -2.23. The van der Waals surface area contributed by atoms with Crippen LogP contribution in [-0.2, 0) is 17.6 Å². The Morgan fingerprint density at radius 1 is 1.00 bits per heavy atom. The molecule has 126 valence electrons. The SMILES string of the molecule is CCc1cccc(CC)c1NC(=O)N1CCCN(C(C)=O)CC1. The smallest absolute Gasteiger partial charge is 0.321 e. The maximum atomic E-state index is 12.6. The molecule has 0 radical (unpaired) electrons. The van der Waals surface area contributed by atoms with Crippen molar-refractivity contribution in [3.8, 4) is 0 Å². The number of anilines is 1. The summed E-state index contributed by atoms with van der Waals surface area (Å²) in [6, 6.07) is 6.11. The van der Waals surface area contributed by atoms with Crippen molar-refractivity contribution in [2.24, 2.45) is 0 Å². The standard InChI is InChI=1S/C18H27N3O2/c1-4-15-8-6-9-16(5-2)17(15)19-18(23)21-11-7-10-20(12-13-21)14(3)22/h6,8-9H,4-5,7,10-13H2,1-3H3,(H,19,23). The Labute approximate surface area is 138 Å². The third kappa shape index (κ3) is 4.24. The molecule has 3 amide bonds. The van der Waals surface area contributed by atoms with Gasteiger partial charge in [-0.05, 0) is 30.4 Å². The second-order valence-electron chi connectivity index (χ2n) is 5.94. The number of aryl methyl sites for hydroxylation is 2. The first-order chi connectivity index (χ1) is 11.1. The fourth-order valence-electron chi connectivity index (χ4n) is 3.02. The van der Waals surface area contributed by atoms with Gasteiger partial charge >= 0.3 is 6.03 Å². The Balaban J connectivity index is 2.09. The molecule has 23 heavy (non-hydrogen) atoms. The molecule has 5 heteroatoms. The summed E-state index contributed by atoms with van der Waals surface area (Å²) in [5.74, 6) is 0.0804. The summed E-state index contributed by atoms with van der Waals surface area (Å²) in [4.78, 5) is 27.8. The molecule has 5 nitrogen and oxygen atoms in total. The molecule has 0 saturated carbocycles. The molecule has 0 spiro atoms. The second-order valence-corrected chi connectivity index (χ2v) is 5.94. The first-order valence-electron chi connectivity index (χ1n) is 8.49. The van der Waals surface area contributed by atoms with Crippen molar-refractivity contribution in [3.63, 3.8) is 0 Å². The van der Waals surface area contributed by atoms with E-state index in [1.165, 1.54) is 0 Å². The van der Waals surface area contributed by atoms with Crippen molar-refractivity contribution < 1.29 is 9.59 Å². The van der Waals surface area contributed by atoms with E-state index >= 15 is 0 Å². The highest BCUT2D eigenvalue weighted by Crippen LogP contribution is 2.23. The Morgan fingerprint density at radius 2 is 1.57 bits per heavy atom. The third-order valence-electron chi connectivity index (χ3n) is 4.46. The van der Waals surface area contributed by atoms with Crippen LogP contribution in [-0.4, -0.2) is 47.9 Å². The molecule has 2 rings (SSSR count). The van der Waals surface area contributed by atoms with Crippen LogP contribution in [0.5, 0.6) is 0 Å². The van der Waals surface area contributed by atoms with E-state index in [9.17, 15) is 9.59 Å². The normalized spacial score (nSPS) is 15.3. The number of carbonyl (C=O) groups excluding carboxylic acids is 2. The van der Waals surface area contributed by atoms with Crippen LogP contribution in [0.1, 0.15) is 38.3 Å². The van der Waals surface area contributed by atoms with E-state index in [4.69, 9.17) is 0 Å². The topological polar surface area (TPSA) is 52.7 Å². The summed E-state index contributed by atoms with van der Waals surface area (Å²) in [7, 11) is 0. The van der Waals surface area contributed by atoms with Gasteiger partial charge in [-0.1, -0.05) is 32.0 Å². The van der Waals surface area contributed by atoms with E-state index in [2.05, 4.69) is 31.3 Å². The van der Waals surface area contributed by atoms with Gasteiger partial charge in [-0.15, -0.1) is 0 Å². The van der Waals surface area contributed by atoms with Crippen LogP contribution in [0.15, 0.2) is 18.2 Å². The summed E-state index contributed by atoms with van der Waals surface area (Å²) in [5.41, 5.74) is 3.28. The Morgan fingerprint density at radius 3 is 2.13 bits per heavy atom. The van der Waals surface area contributed by atoms with E-state index in [0.717, 1.165) is 42.6 Å². The van der Waals surface area contributed by atoms with Crippen molar-refractivity contribution in [1.29, 1.82) is 0 Å². The van der Waals surface area contributed by atoms with Crippen LogP contribution < -0.4 is 5.32 Å². The van der Waals surface area contributed by atoms with E-state index in [1.807, 2.05) is 15.9 Å². The molecule has 1 aromatic carbocycles. The summed E-state index contributed by atoms with van der Waals surface area (Å²) in [6.07, 6.45) is 2.60. The van der Waals surface area contributed by atoms with Gasteiger partial charge in [0.25, 0.3) is 0 Å². The monoisotopic (exact) mass is 317 g/mol. The van der Waals surface area contributed by atoms with Gasteiger partial charge in [0.15, 0.2) is 0 Å². The summed E-state index contributed by atoms with van der Waals surface area (Å²) in [6.45, 7) is 8.39. The van der Waals surface area contributed by atoms with Crippen molar-refractivity contribution in [3.05, 3.63) is 29.3 Å². The zero-order valence-electron chi connectivity index (χ0n) is 14.4. The predicted molar refractivity (Wildman–Crippen MR) is 92.7 cm³/mol. The first-order valence-corrected chi connectivity index (χ1v) is 8.49. The van der Waals surface area contributed by atoms with Crippen LogP contribution in [0.4, 0.5) is 10.5 Å². The molecule has 1 saturated heterocycles. The summed E-state index contributed by atoms with van der Waals surface area (Å²) < 4.78 is 0. The van der Waals surface area contributed by atoms with Crippen molar-refractivity contribution in [1.82, 2.24) is 9.80 Å². The molecule has 1 heterocycles. The van der Waals surface area contributed by atoms with Gasteiger partial charge in [-0.25, -0.2) is 4.79 Å². The lowest BCUT2D eigenvalue weighted by Crippen LogP contribution is -2.39. The minimum Gasteiger partial charge on any atom is -0.341 e. The molecule has 1 N–H and O–H groups in total. The highest BCUT2D eigenvalue weighted by Gasteiger charge is 2.21. The number of hydrogen-bond acceptors (Lipinski definition) is 2. The van der Waals surface area contributed by atoms with Crippen LogP contribution in [0, 0.1) is 0 Å². The largest absolute Gasteiger partial charge is 0.341 e. The van der Waals surface area contributed by atoms with Crippen LogP contribution >= 0.6 is 0 Å². The minimum absolute atomic E-state index is 0.0639. The second kappa shape index (κ2) is 7.99. The van der Waals surface area contributed by atoms with Crippen LogP contribution in [0.25, 0.3) is 0 Å². The van der Waals surface area contributed by atoms with E-state index in [0.29, 0.717) is 19.6 Å². The number of hydrogen-bond donors (Lipinski definition) is 1. The lowest BCUT2D eigenvalue weighted by molar-refractivity contribution is -0.128. The van der Waals surface area contributed by atoms with Crippen molar-refractivity contribution in [2.45, 2.75) is 40.0 Å². The number of rotatable bonds is 3. The van der Waals surface area contributed by atoms with Gasteiger partial charge in [-0.3, -0.25) is 4.79 Å². The molecule has 0 unspecified atom stereocenters. The molecule has 1 aliphatic rings. The van der Waals surface area contributed by atoms with Gasteiger partial charge in [-0.2, -0.15) is 0 Å². The van der Waals surface area contributed by atoms with Gasteiger partial charge in [0, 0.05) is 38.8 Å². The van der Waals surface area contributed by atoms with Crippen LogP contribution in [0.3, 0.4) is 0 Å². The molecule has 0 atom stereocenters. The fourth-order valence-corrected chi connectivity index (χ4v) is 3.02. The van der Waals surface area contributed by atoms with Gasteiger partial charge < -0.3 is 15.1 Å². The quantitative estimate of drug-likeness (QED) is 0.932. The molecule has 0 aromatic heterocycles. The first kappa shape index (κ1) is 17.3. The summed E-state index contributed by atoms with van der Waals surface area (Å²) in [5, 5.41) is 3.11. The molecule has 0 bridgehead atoms. The molecule has 0 aliphatic carbocycles. The Bertz CT molecular complexity index is 549. The number of urea groups is 1. The Hall–Kier alpha value is -2.04. The number of nitrogens with one attached hydrogen (secondary N) is 1. The van der Waals surface area contributed by atoms with E-state index in [1.54, 1.807) is 6.92 Å². The number of carbonyl (C=O) groups is 2. The van der Waals surface area contributed by atoms with E-state index < -0.39 is 0 Å². The molecular weight excluding hydrogens is 290 g/mol. The highest BCUT2D eigenvalue weighted by atomic mass is 16.2. The third-order valence-corrected chi connectivity index (χ3v) is 4.46. The van der Waals surface area contributed by atoms with Crippen LogP contribution in [0.2, 0.25) is 0 Å². The average molecular weight is 317 g/mol. The highest BCUT2D eigenvalue weighted by molar-refractivity contribution is 5.91. The molecular formula is C18H27N3O2. The minimum atomic E-state index is -0.0639. The predicted octanol–water partition coefficient (Wildman–Crippen LogP) is 2.90. The number of para-hydroxylation sites is 1. The van der Waals surface area contributed by atoms with Gasteiger partial charge in [0.2, 0.25) is 5.91 Å². The van der Waals surface area contributed by atoms with Crippen molar-refractivity contribution >= 4 is 17.6 Å². The van der Waals surface area contributed by atoms with Gasteiger partial charge in [0.05, 0.1) is 0 Å². The molecule has 1 fully saturated rings. The maximum Gasteiger partial charge on any atom is 0.321 e. The zero-order chi connectivity index (χ0) is 16.8. The zero-order valence-corrected chi connectivity index (χ0v) is 14.4. The fraction of sp³-hybridized carbons (Fsp3) is 0.556. The van der Waals surface area contributed by atoms with Crippen molar-refractivity contribution in [2.75, 3.05) is 31.5 Å². The molecule has 1 aliphatic heterocycles. The Kier molecular flexibility index (Phi) is 6.02. The summed E-state index contributed by atoms with van der Waals surface area (Å²) >= 11 is 0. The average Bonchev–Trinajstić information content (AvgIpc) is 2.81. The number of amides is 3. The number of nitrogens with zero attached hydrogens (tertiary/aromatic N) is 2. The lowest BCUT2D eigenvalue weighted by atomic mass is 10.0. The van der Waals surface area contributed by atoms with E-state index in [-0.39, 0.29) is 11.9 Å². The maximum absolute atomic E-state index is 12.6.